The van der Waals surface area contributed by atoms with E-state index < -0.39 is 7.12 Å². The summed E-state index contributed by atoms with van der Waals surface area (Å²) in [6, 6.07) is 11.4. The SMILES string of the molecule is Cc1cc[n+](Cc2ccccc2B(O)O)cc1. The summed E-state index contributed by atoms with van der Waals surface area (Å²) >= 11 is 0. The van der Waals surface area contributed by atoms with Crippen LogP contribution < -0.4 is 10.0 Å². The minimum Gasteiger partial charge on any atom is -0.423 e. The summed E-state index contributed by atoms with van der Waals surface area (Å²) in [5.41, 5.74) is 2.67. The maximum absolute atomic E-state index is 9.27. The first-order valence-corrected chi connectivity index (χ1v) is 5.56. The zero-order chi connectivity index (χ0) is 12.3. The van der Waals surface area contributed by atoms with Gasteiger partial charge >= 0.3 is 7.12 Å². The summed E-state index contributed by atoms with van der Waals surface area (Å²) in [6.07, 6.45) is 3.96. The molecule has 1 heterocycles. The Morgan fingerprint density at radius 3 is 2.35 bits per heavy atom. The second-order valence-corrected chi connectivity index (χ2v) is 4.12. The topological polar surface area (TPSA) is 44.3 Å². The smallest absolute Gasteiger partial charge is 0.423 e. The van der Waals surface area contributed by atoms with Gasteiger partial charge in [-0.2, -0.15) is 0 Å². The maximum Gasteiger partial charge on any atom is 0.488 e. The van der Waals surface area contributed by atoms with E-state index in [0.29, 0.717) is 12.0 Å². The zero-order valence-corrected chi connectivity index (χ0v) is 9.74. The van der Waals surface area contributed by atoms with Crippen LogP contribution in [0.25, 0.3) is 0 Å². The van der Waals surface area contributed by atoms with E-state index in [2.05, 4.69) is 0 Å². The van der Waals surface area contributed by atoms with Gasteiger partial charge in [-0.3, -0.25) is 0 Å². The summed E-state index contributed by atoms with van der Waals surface area (Å²) < 4.78 is 2.01. The Morgan fingerprint density at radius 1 is 1.06 bits per heavy atom. The van der Waals surface area contributed by atoms with Gasteiger partial charge < -0.3 is 10.0 Å². The molecule has 0 radical (unpaired) electrons. The highest BCUT2D eigenvalue weighted by Crippen LogP contribution is 1.97. The molecule has 0 atom stereocenters. The lowest BCUT2D eigenvalue weighted by Gasteiger charge is -2.05. The molecule has 3 nitrogen and oxygen atoms in total. The molecule has 0 unspecified atom stereocenters. The fourth-order valence-corrected chi connectivity index (χ4v) is 1.76. The first-order chi connectivity index (χ1) is 8.16. The average molecular weight is 228 g/mol. The van der Waals surface area contributed by atoms with E-state index in [1.165, 1.54) is 5.56 Å². The van der Waals surface area contributed by atoms with Crippen LogP contribution in [0.15, 0.2) is 48.8 Å². The first-order valence-electron chi connectivity index (χ1n) is 5.56. The fraction of sp³-hybridized carbons (Fsp3) is 0.154. The summed E-state index contributed by atoms with van der Waals surface area (Å²) in [5, 5.41) is 18.5. The number of rotatable bonds is 3. The van der Waals surface area contributed by atoms with Gasteiger partial charge in [-0.15, -0.1) is 0 Å². The molecule has 4 heteroatoms. The van der Waals surface area contributed by atoms with Crippen LogP contribution in [0.2, 0.25) is 0 Å². The van der Waals surface area contributed by atoms with E-state index in [1.807, 2.05) is 48.1 Å². The number of nitrogens with zero attached hydrogens (tertiary/aromatic N) is 1. The Bertz CT molecular complexity index is 497. The molecule has 1 aromatic carbocycles. The van der Waals surface area contributed by atoms with Crippen molar-refractivity contribution < 1.29 is 14.6 Å². The van der Waals surface area contributed by atoms with Gasteiger partial charge in [0.1, 0.15) is 0 Å². The lowest BCUT2D eigenvalue weighted by Crippen LogP contribution is -2.40. The molecule has 0 aliphatic rings. The van der Waals surface area contributed by atoms with Crippen molar-refractivity contribution in [3.8, 4) is 0 Å². The summed E-state index contributed by atoms with van der Waals surface area (Å²) in [7, 11) is -1.42. The van der Waals surface area contributed by atoms with Crippen LogP contribution in [0.1, 0.15) is 11.1 Å². The Morgan fingerprint density at radius 2 is 1.71 bits per heavy atom. The number of hydrogen-bond donors (Lipinski definition) is 2. The Balaban J connectivity index is 2.26. The molecule has 2 aromatic rings. The van der Waals surface area contributed by atoms with Gasteiger partial charge in [0.2, 0.25) is 0 Å². The molecule has 1 aromatic heterocycles. The summed E-state index contributed by atoms with van der Waals surface area (Å²) in [4.78, 5) is 0. The summed E-state index contributed by atoms with van der Waals surface area (Å²) in [6.45, 7) is 2.67. The molecule has 0 saturated heterocycles. The van der Waals surface area contributed by atoms with Crippen molar-refractivity contribution in [1.82, 2.24) is 0 Å². The third kappa shape index (κ3) is 2.93. The van der Waals surface area contributed by atoms with Crippen molar-refractivity contribution in [2.45, 2.75) is 13.5 Å². The number of pyridine rings is 1. The largest absolute Gasteiger partial charge is 0.488 e. The maximum atomic E-state index is 9.27. The van der Waals surface area contributed by atoms with E-state index in [4.69, 9.17) is 0 Å². The second-order valence-electron chi connectivity index (χ2n) is 4.12. The van der Waals surface area contributed by atoms with Crippen LogP contribution in [-0.4, -0.2) is 17.2 Å². The molecule has 0 saturated carbocycles. The third-order valence-electron chi connectivity index (χ3n) is 2.74. The van der Waals surface area contributed by atoms with Crippen molar-refractivity contribution >= 4 is 12.6 Å². The van der Waals surface area contributed by atoms with Crippen molar-refractivity contribution in [1.29, 1.82) is 0 Å². The first kappa shape index (κ1) is 11.8. The summed E-state index contributed by atoms with van der Waals surface area (Å²) in [5.74, 6) is 0. The predicted molar refractivity (Wildman–Crippen MR) is 66.7 cm³/mol. The third-order valence-corrected chi connectivity index (χ3v) is 2.74. The molecule has 2 rings (SSSR count). The van der Waals surface area contributed by atoms with Gasteiger partial charge in [0.15, 0.2) is 18.9 Å². The molecule has 86 valence electrons. The van der Waals surface area contributed by atoms with E-state index in [1.54, 1.807) is 12.1 Å². The molecular formula is C13H15BNO2+. The standard InChI is InChI=1S/C13H15BNO2/c1-11-6-8-15(9-7-11)10-12-4-2-3-5-13(12)14(16)17/h2-9,16-17H,10H2,1H3/q+1. The van der Waals surface area contributed by atoms with Crippen LogP contribution in [0.3, 0.4) is 0 Å². The van der Waals surface area contributed by atoms with Gasteiger partial charge in [0, 0.05) is 17.7 Å². The molecule has 0 bridgehead atoms. The molecule has 0 fully saturated rings. The van der Waals surface area contributed by atoms with Crippen molar-refractivity contribution in [3.05, 3.63) is 59.9 Å². The van der Waals surface area contributed by atoms with Gasteiger partial charge in [-0.05, 0) is 17.9 Å². The Hall–Kier alpha value is -1.65. The molecule has 0 amide bonds. The van der Waals surface area contributed by atoms with E-state index in [9.17, 15) is 10.0 Å². The van der Waals surface area contributed by atoms with Crippen LogP contribution in [0.5, 0.6) is 0 Å². The van der Waals surface area contributed by atoms with Gasteiger partial charge in [0.25, 0.3) is 0 Å². The number of aryl methyl sites for hydroxylation is 1. The predicted octanol–water partition coefficient (Wildman–Crippen LogP) is 0.0106. The molecular weight excluding hydrogens is 213 g/mol. The quantitative estimate of drug-likeness (QED) is 0.574. The average Bonchev–Trinajstić information content (AvgIpc) is 2.32. The minimum absolute atomic E-state index is 0.556. The van der Waals surface area contributed by atoms with Crippen LogP contribution in [-0.2, 0) is 6.54 Å². The second kappa shape index (κ2) is 5.12. The molecule has 0 aliphatic heterocycles. The fourth-order valence-electron chi connectivity index (χ4n) is 1.76. The highest BCUT2D eigenvalue weighted by atomic mass is 16.4. The molecule has 2 N–H and O–H groups in total. The van der Waals surface area contributed by atoms with Crippen molar-refractivity contribution in [3.63, 3.8) is 0 Å². The highest BCUT2D eigenvalue weighted by molar-refractivity contribution is 6.59. The monoisotopic (exact) mass is 228 g/mol. The van der Waals surface area contributed by atoms with E-state index >= 15 is 0 Å². The van der Waals surface area contributed by atoms with Gasteiger partial charge in [-0.25, -0.2) is 4.57 Å². The van der Waals surface area contributed by atoms with Gasteiger partial charge in [0.05, 0.1) is 0 Å². The highest BCUT2D eigenvalue weighted by Gasteiger charge is 2.17. The number of benzene rings is 1. The number of hydrogen-bond acceptors (Lipinski definition) is 2. The van der Waals surface area contributed by atoms with Crippen LogP contribution in [0.4, 0.5) is 0 Å². The lowest BCUT2D eigenvalue weighted by molar-refractivity contribution is -0.688. The Kier molecular flexibility index (Phi) is 3.56. The van der Waals surface area contributed by atoms with Crippen LogP contribution >= 0.6 is 0 Å². The van der Waals surface area contributed by atoms with Crippen molar-refractivity contribution in [2.75, 3.05) is 0 Å². The van der Waals surface area contributed by atoms with E-state index in [-0.39, 0.29) is 0 Å². The van der Waals surface area contributed by atoms with E-state index in [0.717, 1.165) is 5.56 Å². The number of aromatic nitrogens is 1. The molecule has 0 aliphatic carbocycles. The molecule has 17 heavy (non-hydrogen) atoms. The van der Waals surface area contributed by atoms with Gasteiger partial charge in [-0.1, -0.05) is 24.3 Å². The lowest BCUT2D eigenvalue weighted by atomic mass is 9.77. The van der Waals surface area contributed by atoms with Crippen LogP contribution in [0, 0.1) is 6.92 Å². The van der Waals surface area contributed by atoms with Crippen molar-refractivity contribution in [2.24, 2.45) is 0 Å². The minimum atomic E-state index is -1.42. The normalized spacial score (nSPS) is 10.3. The molecule has 0 spiro atoms. The Labute approximate surface area is 101 Å². The zero-order valence-electron chi connectivity index (χ0n) is 9.74.